The Balaban J connectivity index is 1.79. The van der Waals surface area contributed by atoms with Gasteiger partial charge in [-0.05, 0) is 0 Å². The van der Waals surface area contributed by atoms with Crippen molar-refractivity contribution in [2.75, 3.05) is 0 Å². The molecule has 0 nitrogen and oxygen atoms in total. The van der Waals surface area contributed by atoms with Gasteiger partial charge in [0.15, 0.2) is 0 Å². The summed E-state index contributed by atoms with van der Waals surface area (Å²) in [5, 5.41) is 0. The standard InChI is InChI=1S/3C6H11.C6H5.Sn/c4*1-2-4-6-5-3-1;/h3*1H,2-6H2;1-5H;. The van der Waals surface area contributed by atoms with Crippen molar-refractivity contribution in [3.05, 3.63) is 30.3 Å². The summed E-state index contributed by atoms with van der Waals surface area (Å²) in [6, 6.07) is 12.3. The molecule has 1 aromatic rings. The second-order valence-electron chi connectivity index (χ2n) is 9.30. The van der Waals surface area contributed by atoms with Crippen molar-refractivity contribution in [2.45, 2.75) is 108 Å². The summed E-state index contributed by atoms with van der Waals surface area (Å²) in [6.45, 7) is 0. The van der Waals surface area contributed by atoms with E-state index in [1.54, 1.807) is 38.5 Å². The van der Waals surface area contributed by atoms with Gasteiger partial charge in [0, 0.05) is 0 Å². The van der Waals surface area contributed by atoms with Crippen LogP contribution in [0.2, 0.25) is 11.8 Å². The molecule has 3 aliphatic rings. The summed E-state index contributed by atoms with van der Waals surface area (Å²) in [5.41, 5.74) is 0. The van der Waals surface area contributed by atoms with Gasteiger partial charge in [-0.1, -0.05) is 0 Å². The molecule has 0 saturated heterocycles. The molecular weight excluding hydrogens is 407 g/mol. The molecule has 3 saturated carbocycles. The Labute approximate surface area is 160 Å². The SMILES string of the molecule is c1cc[c]([Sn]([CH]2CCCCC2)([CH]2CCCCC2)[CH]2CCCCC2)cc1. The Morgan fingerprint density at radius 2 is 0.840 bits per heavy atom. The molecule has 0 radical (unpaired) electrons. The van der Waals surface area contributed by atoms with Crippen molar-refractivity contribution in [2.24, 2.45) is 0 Å². The molecule has 0 heterocycles. The zero-order chi connectivity index (χ0) is 17.0. The van der Waals surface area contributed by atoms with E-state index in [0.29, 0.717) is 0 Å². The third kappa shape index (κ3) is 3.71. The van der Waals surface area contributed by atoms with Crippen LogP contribution in [0.25, 0.3) is 0 Å². The van der Waals surface area contributed by atoms with Gasteiger partial charge in [0.2, 0.25) is 0 Å². The summed E-state index contributed by atoms with van der Waals surface area (Å²) in [5.74, 6) is 0. The van der Waals surface area contributed by atoms with Gasteiger partial charge >= 0.3 is 160 Å². The predicted octanol–water partition coefficient (Wildman–Crippen LogP) is 7.35. The molecule has 1 aromatic carbocycles. The van der Waals surface area contributed by atoms with E-state index in [2.05, 4.69) is 30.3 Å². The Morgan fingerprint density at radius 3 is 1.20 bits per heavy atom. The van der Waals surface area contributed by atoms with Crippen LogP contribution in [0.15, 0.2) is 30.3 Å². The molecule has 0 bridgehead atoms. The molecule has 3 fully saturated rings. The maximum atomic E-state index is 2.62. The van der Waals surface area contributed by atoms with Gasteiger partial charge < -0.3 is 0 Å². The van der Waals surface area contributed by atoms with Crippen LogP contribution < -0.4 is 3.58 Å². The average Bonchev–Trinajstić information content (AvgIpc) is 2.72. The van der Waals surface area contributed by atoms with Crippen molar-refractivity contribution in [1.29, 1.82) is 0 Å². The summed E-state index contributed by atoms with van der Waals surface area (Å²) in [6.07, 6.45) is 23.3. The van der Waals surface area contributed by atoms with E-state index in [1.165, 1.54) is 57.8 Å². The molecule has 0 atom stereocenters. The molecule has 4 rings (SSSR count). The van der Waals surface area contributed by atoms with Crippen LogP contribution in [0.4, 0.5) is 0 Å². The van der Waals surface area contributed by atoms with E-state index in [0.717, 1.165) is 11.8 Å². The normalized spacial score (nSPS) is 25.1. The first kappa shape index (κ1) is 18.4. The van der Waals surface area contributed by atoms with Gasteiger partial charge in [-0.15, -0.1) is 0 Å². The molecule has 0 unspecified atom stereocenters. The van der Waals surface area contributed by atoms with E-state index in [1.807, 2.05) is 3.58 Å². The zero-order valence-electron chi connectivity index (χ0n) is 16.2. The van der Waals surface area contributed by atoms with Gasteiger partial charge in [-0.3, -0.25) is 0 Å². The van der Waals surface area contributed by atoms with Crippen molar-refractivity contribution in [3.63, 3.8) is 0 Å². The molecule has 3 aliphatic carbocycles. The quantitative estimate of drug-likeness (QED) is 0.426. The molecule has 1 heteroatoms. The summed E-state index contributed by atoms with van der Waals surface area (Å²) in [4.78, 5) is 0. The molecule has 0 N–H and O–H groups in total. The minimum absolute atomic E-state index is 1.16. The number of hydrogen-bond donors (Lipinski definition) is 0. The van der Waals surface area contributed by atoms with E-state index in [9.17, 15) is 0 Å². The third-order valence-corrected chi connectivity index (χ3v) is 28.4. The van der Waals surface area contributed by atoms with Gasteiger partial charge in [0.05, 0.1) is 0 Å². The van der Waals surface area contributed by atoms with Crippen LogP contribution in [0.3, 0.4) is 0 Å². The fourth-order valence-corrected chi connectivity index (χ4v) is 30.8. The number of rotatable bonds is 4. The molecule has 0 spiro atoms. The molecule has 25 heavy (non-hydrogen) atoms. The fourth-order valence-electron chi connectivity index (χ4n) is 7.17. The summed E-state index contributed by atoms with van der Waals surface area (Å²) < 4.78 is 5.44. The van der Waals surface area contributed by atoms with Gasteiger partial charge in [0.1, 0.15) is 0 Å². The fraction of sp³-hybridized carbons (Fsp3) is 0.750. The zero-order valence-corrected chi connectivity index (χ0v) is 19.1. The Hall–Kier alpha value is 0.0187. The van der Waals surface area contributed by atoms with Crippen LogP contribution in [-0.2, 0) is 0 Å². The van der Waals surface area contributed by atoms with Crippen molar-refractivity contribution in [1.82, 2.24) is 0 Å². The first-order valence-corrected chi connectivity index (χ1v) is 17.8. The van der Waals surface area contributed by atoms with Gasteiger partial charge in [-0.25, -0.2) is 0 Å². The van der Waals surface area contributed by atoms with E-state index >= 15 is 0 Å². The maximum absolute atomic E-state index is 2.62. The Kier molecular flexibility index (Phi) is 6.48. The third-order valence-electron chi connectivity index (χ3n) is 8.12. The van der Waals surface area contributed by atoms with Crippen LogP contribution in [0.1, 0.15) is 96.3 Å². The van der Waals surface area contributed by atoms with E-state index in [-0.39, 0.29) is 0 Å². The van der Waals surface area contributed by atoms with Crippen molar-refractivity contribution < 1.29 is 0 Å². The number of hydrogen-bond acceptors (Lipinski definition) is 0. The second kappa shape index (κ2) is 8.80. The first-order chi connectivity index (χ1) is 12.4. The first-order valence-electron chi connectivity index (χ1n) is 11.5. The molecule has 0 amide bonds. The van der Waals surface area contributed by atoms with Gasteiger partial charge in [0.25, 0.3) is 0 Å². The molecular formula is C24H38Sn. The van der Waals surface area contributed by atoms with Crippen LogP contribution >= 0.6 is 0 Å². The van der Waals surface area contributed by atoms with Crippen LogP contribution in [0, 0.1) is 0 Å². The Morgan fingerprint density at radius 1 is 0.480 bits per heavy atom. The monoisotopic (exact) mass is 446 g/mol. The minimum atomic E-state index is -2.48. The molecule has 0 aliphatic heterocycles. The Bertz CT molecular complexity index is 459. The molecule has 138 valence electrons. The summed E-state index contributed by atoms with van der Waals surface area (Å²) in [7, 11) is 0. The molecule has 0 aromatic heterocycles. The van der Waals surface area contributed by atoms with Gasteiger partial charge in [-0.2, -0.15) is 0 Å². The van der Waals surface area contributed by atoms with Crippen LogP contribution in [-0.4, -0.2) is 18.4 Å². The predicted molar refractivity (Wildman–Crippen MR) is 112 cm³/mol. The van der Waals surface area contributed by atoms with Crippen LogP contribution in [0.5, 0.6) is 0 Å². The average molecular weight is 445 g/mol. The summed E-state index contributed by atoms with van der Waals surface area (Å²) >= 11 is -2.48. The van der Waals surface area contributed by atoms with E-state index < -0.39 is 18.4 Å². The number of benzene rings is 1. The topological polar surface area (TPSA) is 0 Å². The second-order valence-corrected chi connectivity index (χ2v) is 23.3. The van der Waals surface area contributed by atoms with Crippen molar-refractivity contribution >= 4 is 22.0 Å². The van der Waals surface area contributed by atoms with Crippen molar-refractivity contribution in [3.8, 4) is 0 Å². The van der Waals surface area contributed by atoms with E-state index in [4.69, 9.17) is 0 Å².